The van der Waals surface area contributed by atoms with Gasteiger partial charge < -0.3 is 4.79 Å². The molecular weight excluding hydrogens is 100 g/mol. The van der Waals surface area contributed by atoms with Gasteiger partial charge >= 0.3 is 0 Å². The molecule has 0 heterocycles. The summed E-state index contributed by atoms with van der Waals surface area (Å²) in [5, 5.41) is 0. The number of hydrogen-bond acceptors (Lipinski definition) is 1. The van der Waals surface area contributed by atoms with Crippen LogP contribution in [0.1, 0.15) is 6.42 Å². The molecule has 0 aliphatic rings. The summed E-state index contributed by atoms with van der Waals surface area (Å²) < 4.78 is 0. The maximum Gasteiger partial charge on any atom is 0.120 e. The van der Waals surface area contributed by atoms with Crippen molar-refractivity contribution in [2.45, 2.75) is 6.42 Å². The molecule has 0 amide bonds. The van der Waals surface area contributed by atoms with Gasteiger partial charge in [-0.1, -0.05) is 12.2 Å². The van der Waals surface area contributed by atoms with Crippen LogP contribution in [0.25, 0.3) is 0 Å². The number of carbonyl (C=O) groups is 1. The van der Waals surface area contributed by atoms with E-state index in [-0.39, 0.29) is 5.92 Å². The van der Waals surface area contributed by atoms with Gasteiger partial charge in [0.2, 0.25) is 0 Å². The molecular formula is C7H10O. The molecule has 1 nitrogen and oxygen atoms in total. The van der Waals surface area contributed by atoms with Gasteiger partial charge in [-0.05, 0) is 0 Å². The van der Waals surface area contributed by atoms with Crippen LogP contribution >= 0.6 is 0 Å². The fourth-order valence-corrected chi connectivity index (χ4v) is 0.400. The van der Waals surface area contributed by atoms with Crippen LogP contribution in [-0.4, -0.2) is 6.29 Å². The summed E-state index contributed by atoms with van der Waals surface area (Å²) in [5.41, 5.74) is 0. The molecule has 0 aliphatic heterocycles. The van der Waals surface area contributed by atoms with Gasteiger partial charge in [-0.25, -0.2) is 0 Å². The Bertz CT molecular complexity index is 86.6. The van der Waals surface area contributed by atoms with E-state index in [1.54, 1.807) is 12.2 Å². The van der Waals surface area contributed by atoms with E-state index in [1.807, 2.05) is 0 Å². The lowest BCUT2D eigenvalue weighted by molar-refractivity contribution is -0.108. The van der Waals surface area contributed by atoms with Crippen molar-refractivity contribution >= 4 is 6.29 Å². The van der Waals surface area contributed by atoms with Crippen LogP contribution in [0.2, 0.25) is 0 Å². The highest BCUT2D eigenvalue weighted by atomic mass is 16.1. The Hall–Kier alpha value is -0.850. The molecule has 0 saturated carbocycles. The fraction of sp³-hybridized carbons (Fsp3) is 0.286. The van der Waals surface area contributed by atoms with Gasteiger partial charge in [0.15, 0.2) is 0 Å². The first-order valence-electron chi connectivity index (χ1n) is 2.54. The van der Waals surface area contributed by atoms with E-state index in [2.05, 4.69) is 13.2 Å². The van der Waals surface area contributed by atoms with Gasteiger partial charge in [0.1, 0.15) is 6.29 Å². The lowest BCUT2D eigenvalue weighted by Gasteiger charge is -1.96. The van der Waals surface area contributed by atoms with Crippen molar-refractivity contribution in [2.24, 2.45) is 5.92 Å². The molecule has 0 radical (unpaired) electrons. The number of carbonyl (C=O) groups excluding carboxylic acids is 1. The van der Waals surface area contributed by atoms with Crippen LogP contribution < -0.4 is 0 Å². The second-order valence-electron chi connectivity index (χ2n) is 1.54. The van der Waals surface area contributed by atoms with Crippen molar-refractivity contribution in [1.29, 1.82) is 0 Å². The molecule has 0 spiro atoms. The van der Waals surface area contributed by atoms with E-state index in [9.17, 15) is 4.79 Å². The maximum atomic E-state index is 9.84. The summed E-state index contributed by atoms with van der Waals surface area (Å²) in [5.74, 6) is 0.160. The van der Waals surface area contributed by atoms with E-state index in [4.69, 9.17) is 0 Å². The van der Waals surface area contributed by atoms with Crippen LogP contribution in [-0.2, 0) is 4.79 Å². The number of allylic oxidation sites excluding steroid dienone is 2. The molecule has 0 fully saturated rings. The van der Waals surface area contributed by atoms with Crippen molar-refractivity contribution in [1.82, 2.24) is 0 Å². The summed E-state index contributed by atoms with van der Waals surface area (Å²) in [6.07, 6.45) is 4.80. The predicted molar refractivity (Wildman–Crippen MR) is 34.6 cm³/mol. The molecule has 8 heavy (non-hydrogen) atoms. The number of hydrogen-bond donors (Lipinski definition) is 0. The normalized spacial score (nSPS) is 8.62. The summed E-state index contributed by atoms with van der Waals surface area (Å²) in [6.45, 7) is 7.04. The third kappa shape index (κ3) is 2.35. The molecule has 44 valence electrons. The predicted octanol–water partition coefficient (Wildman–Crippen LogP) is 1.56. The largest absolute Gasteiger partial charge is 0.303 e. The Morgan fingerprint density at radius 3 is 2.00 bits per heavy atom. The standard InChI is InChI=1S/C7H10O/c1-3-7(4-2)5-6-8/h3-4,6-7H,1-2,5H2. The first-order valence-corrected chi connectivity index (χ1v) is 2.54. The van der Waals surface area contributed by atoms with Crippen LogP contribution in [0, 0.1) is 5.92 Å². The average Bonchev–Trinajstić information content (AvgIpc) is 1.83. The van der Waals surface area contributed by atoms with Crippen LogP contribution in [0.4, 0.5) is 0 Å². The molecule has 0 bridgehead atoms. The minimum absolute atomic E-state index is 0.160. The van der Waals surface area contributed by atoms with Crippen molar-refractivity contribution in [3.8, 4) is 0 Å². The highest BCUT2D eigenvalue weighted by Crippen LogP contribution is 2.00. The van der Waals surface area contributed by atoms with E-state index >= 15 is 0 Å². The molecule has 0 atom stereocenters. The highest BCUT2D eigenvalue weighted by Gasteiger charge is 1.92. The molecule has 0 N–H and O–H groups in total. The van der Waals surface area contributed by atoms with E-state index < -0.39 is 0 Å². The third-order valence-electron chi connectivity index (χ3n) is 0.974. The zero-order chi connectivity index (χ0) is 6.41. The Labute approximate surface area is 49.7 Å². The number of aldehydes is 1. The Kier molecular flexibility index (Phi) is 3.85. The van der Waals surface area contributed by atoms with E-state index in [0.717, 1.165) is 6.29 Å². The lowest BCUT2D eigenvalue weighted by Crippen LogP contribution is -1.89. The van der Waals surface area contributed by atoms with Crippen molar-refractivity contribution in [2.75, 3.05) is 0 Å². The first-order chi connectivity index (χ1) is 3.85. The SMILES string of the molecule is C=CC(C=C)CC=O. The van der Waals surface area contributed by atoms with Gasteiger partial charge in [0.05, 0.1) is 0 Å². The average molecular weight is 110 g/mol. The summed E-state index contributed by atoms with van der Waals surface area (Å²) in [4.78, 5) is 9.84. The summed E-state index contributed by atoms with van der Waals surface area (Å²) >= 11 is 0. The summed E-state index contributed by atoms with van der Waals surface area (Å²) in [7, 11) is 0. The highest BCUT2D eigenvalue weighted by molar-refractivity contribution is 5.50. The van der Waals surface area contributed by atoms with E-state index in [1.165, 1.54) is 0 Å². The second kappa shape index (κ2) is 4.31. The van der Waals surface area contributed by atoms with Gasteiger partial charge in [0.25, 0.3) is 0 Å². The molecule has 0 aliphatic carbocycles. The Morgan fingerprint density at radius 2 is 1.88 bits per heavy atom. The minimum atomic E-state index is 0.160. The topological polar surface area (TPSA) is 17.1 Å². The first kappa shape index (κ1) is 7.15. The molecule has 0 aromatic carbocycles. The lowest BCUT2D eigenvalue weighted by atomic mass is 10.1. The maximum absolute atomic E-state index is 9.84. The van der Waals surface area contributed by atoms with Crippen LogP contribution in [0.3, 0.4) is 0 Å². The van der Waals surface area contributed by atoms with Gasteiger partial charge in [-0.3, -0.25) is 0 Å². The minimum Gasteiger partial charge on any atom is -0.303 e. The second-order valence-corrected chi connectivity index (χ2v) is 1.54. The smallest absolute Gasteiger partial charge is 0.120 e. The van der Waals surface area contributed by atoms with E-state index in [0.29, 0.717) is 6.42 Å². The molecule has 0 saturated heterocycles. The van der Waals surface area contributed by atoms with Gasteiger partial charge in [0, 0.05) is 12.3 Å². The van der Waals surface area contributed by atoms with Crippen LogP contribution in [0.15, 0.2) is 25.3 Å². The molecule has 0 rings (SSSR count). The molecule has 0 unspecified atom stereocenters. The Balaban J connectivity index is 3.50. The van der Waals surface area contributed by atoms with Crippen LogP contribution in [0.5, 0.6) is 0 Å². The molecule has 0 aromatic rings. The molecule has 0 aromatic heterocycles. The zero-order valence-electron chi connectivity index (χ0n) is 4.84. The van der Waals surface area contributed by atoms with Gasteiger partial charge in [-0.2, -0.15) is 0 Å². The molecule has 1 heteroatoms. The van der Waals surface area contributed by atoms with Crippen molar-refractivity contribution in [3.63, 3.8) is 0 Å². The van der Waals surface area contributed by atoms with Gasteiger partial charge in [-0.15, -0.1) is 13.2 Å². The Morgan fingerprint density at radius 1 is 1.38 bits per heavy atom. The van der Waals surface area contributed by atoms with Crippen molar-refractivity contribution < 1.29 is 4.79 Å². The quantitative estimate of drug-likeness (QED) is 0.396. The van der Waals surface area contributed by atoms with Crippen molar-refractivity contribution in [3.05, 3.63) is 25.3 Å². The monoisotopic (exact) mass is 110 g/mol. The summed E-state index contributed by atoms with van der Waals surface area (Å²) in [6, 6.07) is 0. The number of rotatable bonds is 4. The third-order valence-corrected chi connectivity index (χ3v) is 0.974. The fourth-order valence-electron chi connectivity index (χ4n) is 0.400. The zero-order valence-corrected chi connectivity index (χ0v) is 4.84.